The molecule has 1 heterocycles. The van der Waals surface area contributed by atoms with Crippen molar-refractivity contribution in [1.82, 2.24) is 4.98 Å². The second kappa shape index (κ2) is 4.73. The maximum Gasteiger partial charge on any atom is 0.119 e. The Hall–Kier alpha value is -2.35. The minimum absolute atomic E-state index is 0.850. The minimum Gasteiger partial charge on any atom is -0.497 e. The number of aromatic nitrogens is 1. The molecule has 0 spiro atoms. The first kappa shape index (κ1) is 11.7. The van der Waals surface area contributed by atoms with Crippen molar-refractivity contribution in [3.63, 3.8) is 0 Å². The quantitative estimate of drug-likeness (QED) is 0.678. The van der Waals surface area contributed by atoms with Crippen molar-refractivity contribution in [3.8, 4) is 17.0 Å². The summed E-state index contributed by atoms with van der Waals surface area (Å²) in [5.41, 5.74) is 3.29. The van der Waals surface area contributed by atoms with Gasteiger partial charge in [-0.05, 0) is 36.6 Å². The predicted molar refractivity (Wildman–Crippen MR) is 78.5 cm³/mol. The highest BCUT2D eigenvalue weighted by Gasteiger charge is 2.03. The third-order valence-electron chi connectivity index (χ3n) is 3.24. The molecule has 0 unspecified atom stereocenters. The maximum absolute atomic E-state index is 5.25. The average molecular weight is 249 g/mol. The number of nitrogens with zero attached hydrogens (tertiary/aromatic N) is 1. The van der Waals surface area contributed by atoms with Crippen LogP contribution in [0.25, 0.3) is 22.0 Å². The zero-order valence-electron chi connectivity index (χ0n) is 11.1. The Kier molecular flexibility index (Phi) is 2.92. The highest BCUT2D eigenvalue weighted by Crippen LogP contribution is 2.25. The summed E-state index contributed by atoms with van der Waals surface area (Å²) in [5, 5.41) is 2.38. The van der Waals surface area contributed by atoms with Crippen LogP contribution in [-0.2, 0) is 0 Å². The van der Waals surface area contributed by atoms with E-state index in [1.807, 2.05) is 30.5 Å². The molecule has 0 saturated carbocycles. The molecule has 0 N–H and O–H groups in total. The Morgan fingerprint density at radius 1 is 0.947 bits per heavy atom. The standard InChI is InChI=1S/C17H15NO/c1-12-6-7-13-10-17(18-11-15(13)8-12)14-4-3-5-16(9-14)19-2/h3-11H,1-2H3. The topological polar surface area (TPSA) is 22.1 Å². The SMILES string of the molecule is COc1cccc(-c2cc3ccc(C)cc3cn2)c1. The van der Waals surface area contributed by atoms with Gasteiger partial charge in [0.15, 0.2) is 0 Å². The van der Waals surface area contributed by atoms with Crippen LogP contribution in [0.4, 0.5) is 0 Å². The third-order valence-corrected chi connectivity index (χ3v) is 3.24. The van der Waals surface area contributed by atoms with E-state index >= 15 is 0 Å². The van der Waals surface area contributed by atoms with Crippen LogP contribution < -0.4 is 4.74 Å². The zero-order valence-corrected chi connectivity index (χ0v) is 11.1. The molecule has 3 aromatic rings. The number of pyridine rings is 1. The molecule has 19 heavy (non-hydrogen) atoms. The number of aryl methyl sites for hydroxylation is 1. The van der Waals surface area contributed by atoms with Crippen molar-refractivity contribution in [2.45, 2.75) is 6.92 Å². The summed E-state index contributed by atoms with van der Waals surface area (Å²) in [5.74, 6) is 0.850. The first-order chi connectivity index (χ1) is 9.26. The lowest BCUT2D eigenvalue weighted by Crippen LogP contribution is -1.87. The molecule has 0 radical (unpaired) electrons. The fourth-order valence-electron chi connectivity index (χ4n) is 2.20. The summed E-state index contributed by atoms with van der Waals surface area (Å²) in [4.78, 5) is 4.54. The molecule has 0 aliphatic heterocycles. The van der Waals surface area contributed by atoms with Crippen molar-refractivity contribution in [2.75, 3.05) is 7.11 Å². The van der Waals surface area contributed by atoms with E-state index in [1.165, 1.54) is 16.3 Å². The summed E-state index contributed by atoms with van der Waals surface area (Å²) in [6, 6.07) is 16.5. The molecule has 0 saturated heterocycles. The van der Waals surface area contributed by atoms with Crippen LogP contribution in [0.3, 0.4) is 0 Å². The zero-order chi connectivity index (χ0) is 13.2. The average Bonchev–Trinajstić information content (AvgIpc) is 2.46. The monoisotopic (exact) mass is 249 g/mol. The lowest BCUT2D eigenvalue weighted by molar-refractivity contribution is 0.415. The minimum atomic E-state index is 0.850. The van der Waals surface area contributed by atoms with Gasteiger partial charge in [-0.1, -0.05) is 29.8 Å². The Morgan fingerprint density at radius 2 is 1.84 bits per heavy atom. The van der Waals surface area contributed by atoms with Gasteiger partial charge in [-0.15, -0.1) is 0 Å². The van der Waals surface area contributed by atoms with Crippen LogP contribution >= 0.6 is 0 Å². The van der Waals surface area contributed by atoms with Gasteiger partial charge in [-0.25, -0.2) is 0 Å². The molecule has 2 aromatic carbocycles. The van der Waals surface area contributed by atoms with Gasteiger partial charge >= 0.3 is 0 Å². The first-order valence-corrected chi connectivity index (χ1v) is 6.27. The van der Waals surface area contributed by atoms with Gasteiger partial charge in [0.05, 0.1) is 12.8 Å². The van der Waals surface area contributed by atoms with Crippen LogP contribution in [0, 0.1) is 6.92 Å². The normalized spacial score (nSPS) is 10.6. The molecule has 1 aromatic heterocycles. The summed E-state index contributed by atoms with van der Waals surface area (Å²) in [6.07, 6.45) is 1.93. The van der Waals surface area contributed by atoms with Crippen LogP contribution in [0.1, 0.15) is 5.56 Å². The van der Waals surface area contributed by atoms with Crippen LogP contribution in [-0.4, -0.2) is 12.1 Å². The largest absolute Gasteiger partial charge is 0.497 e. The number of hydrogen-bond donors (Lipinski definition) is 0. The number of fused-ring (bicyclic) bond motifs is 1. The van der Waals surface area contributed by atoms with E-state index in [1.54, 1.807) is 7.11 Å². The van der Waals surface area contributed by atoms with E-state index in [9.17, 15) is 0 Å². The van der Waals surface area contributed by atoms with Crippen LogP contribution in [0.2, 0.25) is 0 Å². The number of benzene rings is 2. The molecule has 94 valence electrons. The van der Waals surface area contributed by atoms with Crippen LogP contribution in [0.15, 0.2) is 54.7 Å². The Morgan fingerprint density at radius 3 is 2.68 bits per heavy atom. The van der Waals surface area contributed by atoms with Gasteiger partial charge in [0.2, 0.25) is 0 Å². The van der Waals surface area contributed by atoms with E-state index in [-0.39, 0.29) is 0 Å². The lowest BCUT2D eigenvalue weighted by Gasteiger charge is -2.06. The third kappa shape index (κ3) is 2.29. The second-order valence-electron chi connectivity index (χ2n) is 4.65. The van der Waals surface area contributed by atoms with Gasteiger partial charge in [-0.3, -0.25) is 4.98 Å². The van der Waals surface area contributed by atoms with E-state index in [0.29, 0.717) is 0 Å². The molecule has 2 heteroatoms. The highest BCUT2D eigenvalue weighted by molar-refractivity contribution is 5.85. The van der Waals surface area contributed by atoms with E-state index in [4.69, 9.17) is 4.74 Å². The molecule has 3 rings (SSSR count). The fourth-order valence-corrected chi connectivity index (χ4v) is 2.20. The van der Waals surface area contributed by atoms with Gasteiger partial charge in [0.25, 0.3) is 0 Å². The van der Waals surface area contributed by atoms with E-state index < -0.39 is 0 Å². The van der Waals surface area contributed by atoms with E-state index in [0.717, 1.165) is 17.0 Å². The van der Waals surface area contributed by atoms with Crippen molar-refractivity contribution < 1.29 is 4.74 Å². The predicted octanol–water partition coefficient (Wildman–Crippen LogP) is 4.22. The molecule has 0 aliphatic rings. The summed E-state index contributed by atoms with van der Waals surface area (Å²) < 4.78 is 5.25. The van der Waals surface area contributed by atoms with Gasteiger partial charge in [0, 0.05) is 17.1 Å². The van der Waals surface area contributed by atoms with Crippen molar-refractivity contribution in [1.29, 1.82) is 0 Å². The maximum atomic E-state index is 5.25. The molecule has 2 nitrogen and oxygen atoms in total. The second-order valence-corrected chi connectivity index (χ2v) is 4.65. The number of ether oxygens (including phenoxy) is 1. The number of rotatable bonds is 2. The number of methoxy groups -OCH3 is 1. The highest BCUT2D eigenvalue weighted by atomic mass is 16.5. The molecular formula is C17H15NO. The summed E-state index contributed by atoms with van der Waals surface area (Å²) in [6.45, 7) is 2.09. The number of hydrogen-bond acceptors (Lipinski definition) is 2. The smallest absolute Gasteiger partial charge is 0.119 e. The van der Waals surface area contributed by atoms with E-state index in [2.05, 4.69) is 36.2 Å². The lowest BCUT2D eigenvalue weighted by atomic mass is 10.1. The molecule has 0 bridgehead atoms. The van der Waals surface area contributed by atoms with Crippen LogP contribution in [0.5, 0.6) is 5.75 Å². The van der Waals surface area contributed by atoms with Crippen molar-refractivity contribution >= 4 is 10.8 Å². The van der Waals surface area contributed by atoms with Crippen molar-refractivity contribution in [2.24, 2.45) is 0 Å². The Balaban J connectivity index is 2.12. The molecule has 0 atom stereocenters. The van der Waals surface area contributed by atoms with Gasteiger partial charge < -0.3 is 4.74 Å². The molecule has 0 fully saturated rings. The Labute approximate surface area is 112 Å². The van der Waals surface area contributed by atoms with Crippen molar-refractivity contribution in [3.05, 3.63) is 60.3 Å². The fraction of sp³-hybridized carbons (Fsp3) is 0.118. The molecule has 0 aliphatic carbocycles. The van der Waals surface area contributed by atoms with Gasteiger partial charge in [0.1, 0.15) is 5.75 Å². The first-order valence-electron chi connectivity index (χ1n) is 6.27. The molecular weight excluding hydrogens is 234 g/mol. The Bertz CT molecular complexity index is 734. The summed E-state index contributed by atoms with van der Waals surface area (Å²) in [7, 11) is 1.68. The molecule has 0 amide bonds. The van der Waals surface area contributed by atoms with Gasteiger partial charge in [-0.2, -0.15) is 0 Å². The summed E-state index contributed by atoms with van der Waals surface area (Å²) >= 11 is 0.